The van der Waals surface area contributed by atoms with Crippen LogP contribution in [0.1, 0.15) is 52.4 Å². The third-order valence-corrected chi connectivity index (χ3v) is 28.6. The Kier molecular flexibility index (Phi) is 33.4. The Morgan fingerprint density at radius 2 is 0.357 bits per heavy atom. The first-order valence-corrected chi connectivity index (χ1v) is 43.9. The third-order valence-electron chi connectivity index (χ3n) is 17.4. The number of hydrogen-bond acceptors (Lipinski definition) is 3. The van der Waals surface area contributed by atoms with Gasteiger partial charge in [-0.1, -0.05) is 203 Å². The largest absolute Gasteiger partial charge is 0.497 e. The number of methoxy groups -OCH3 is 1. The highest BCUT2D eigenvalue weighted by Gasteiger charge is 2.33. The molecule has 0 atom stereocenters. The van der Waals surface area contributed by atoms with Gasteiger partial charge in [-0.3, -0.25) is 0 Å². The van der Waals surface area contributed by atoms with Gasteiger partial charge in [-0.25, -0.2) is 13.2 Å². The maximum absolute atomic E-state index is 13.2. The van der Waals surface area contributed by atoms with E-state index < -0.39 is 0 Å². The van der Waals surface area contributed by atoms with E-state index in [0.717, 1.165) is 69.3 Å². The summed E-state index contributed by atoms with van der Waals surface area (Å²) < 4.78 is 56.4. The maximum Gasteiger partial charge on any atom is 0.166 e. The van der Waals surface area contributed by atoms with Gasteiger partial charge in [0.1, 0.15) is 34.7 Å². The molecule has 0 N–H and O–H groups in total. The van der Waals surface area contributed by atoms with Gasteiger partial charge in [-0.2, -0.15) is 0 Å². The molecule has 562 valence electrons. The van der Waals surface area contributed by atoms with Crippen LogP contribution in [0.2, 0.25) is 0 Å². The van der Waals surface area contributed by atoms with Gasteiger partial charge in [0.25, 0.3) is 0 Å². The van der Waals surface area contributed by atoms with E-state index in [1.807, 2.05) is 91.0 Å². The van der Waals surface area contributed by atoms with E-state index in [4.69, 9.17) is 14.2 Å². The van der Waals surface area contributed by atoms with E-state index in [-0.39, 0.29) is 71.9 Å². The molecule has 15 aromatic carbocycles. The summed E-state index contributed by atoms with van der Waals surface area (Å²) in [6.07, 6.45) is 7.19. The fourth-order valence-corrected chi connectivity index (χ4v) is 22.3. The van der Waals surface area contributed by atoms with E-state index >= 15 is 0 Å². The predicted molar refractivity (Wildman–Crippen MR) is 464 cm³/mol. The molecule has 0 fully saturated rings. The standard InChI is InChI=1S/C24H27OS.C22H23OS.C19H17OS.C18H13F2S.C18H14FS/c1-2-3-4-11-20-25-21-16-18-24(19-17-21)26(22-12-7-5-8-13-22)23-14-9-6-10-15-23;1-2-3-18-23-19-14-16-22(17-15-19)24(20-10-6-4-7-11-20)21-12-8-5-9-13-21;1-20-16-12-14-19(15-13-16)21(17-8-4-2-5-9-17)18-10-6-3-7-11-18;19-14-6-10-17(11-7-14)21(16-4-2-1-3-5-16)18-12-8-15(20)9-13-18;19-15-11-13-18(14-12-15)20(16-7-3-1-4-8-16)17-9-5-2-6-10-17/h5-10,12-19H,2-4,11,20H2,1H3;4-17H,2-3,18H2,1H3;2-15H,1H3;1-13H;1-14H/q5*+1. The van der Waals surface area contributed by atoms with E-state index in [9.17, 15) is 13.2 Å². The van der Waals surface area contributed by atoms with Gasteiger partial charge < -0.3 is 14.2 Å². The fourth-order valence-electron chi connectivity index (χ4n) is 11.9. The molecule has 0 radical (unpaired) electrons. The average Bonchev–Trinajstić information content (AvgIpc) is 0.845. The van der Waals surface area contributed by atoms with Crippen LogP contribution in [0.5, 0.6) is 17.2 Å². The van der Waals surface area contributed by atoms with Crippen molar-refractivity contribution in [1.29, 1.82) is 0 Å². The van der Waals surface area contributed by atoms with Crippen molar-refractivity contribution in [2.75, 3.05) is 20.3 Å². The maximum atomic E-state index is 13.2. The van der Waals surface area contributed by atoms with Crippen LogP contribution in [0, 0.1) is 17.5 Å². The highest BCUT2D eigenvalue weighted by Crippen LogP contribution is 2.37. The molecule has 0 heterocycles. The quantitative estimate of drug-likeness (QED) is 0.0399. The van der Waals surface area contributed by atoms with Crippen LogP contribution in [-0.4, -0.2) is 20.3 Å². The Balaban J connectivity index is 0.000000139. The zero-order valence-electron chi connectivity index (χ0n) is 63.4. The number of halogens is 3. The van der Waals surface area contributed by atoms with Crippen molar-refractivity contribution < 1.29 is 27.4 Å². The molecule has 112 heavy (non-hydrogen) atoms. The van der Waals surface area contributed by atoms with E-state index in [2.05, 4.69) is 281 Å². The summed E-state index contributed by atoms with van der Waals surface area (Å²) >= 11 is 0. The van der Waals surface area contributed by atoms with Gasteiger partial charge in [0.15, 0.2) is 73.4 Å². The van der Waals surface area contributed by atoms with Crippen molar-refractivity contribution in [3.63, 3.8) is 0 Å². The SMILES string of the molecule is CCCCCCOc1ccc([S+](c2ccccc2)c2ccccc2)cc1.CCCCOc1ccc([S+](c2ccccc2)c2ccccc2)cc1.COc1ccc([S+](c2ccccc2)c2ccccc2)cc1.Fc1ccc([S+](c2ccccc2)c2ccc(F)cc2)cc1.Fc1ccc([S+](c2ccccc2)c2ccccc2)cc1. The Morgan fingerprint density at radius 3 is 0.545 bits per heavy atom. The number of hydrogen-bond donors (Lipinski definition) is 0. The molecule has 0 unspecified atom stereocenters. The highest BCUT2D eigenvalue weighted by atomic mass is 32.2. The molecule has 0 aliphatic carbocycles. The number of benzene rings is 15. The van der Waals surface area contributed by atoms with Crippen LogP contribution in [0.25, 0.3) is 0 Å². The lowest BCUT2D eigenvalue weighted by Crippen LogP contribution is -2.04. The molecule has 0 amide bonds. The smallest absolute Gasteiger partial charge is 0.166 e. The molecular weight excluding hydrogens is 1480 g/mol. The van der Waals surface area contributed by atoms with Gasteiger partial charge in [0, 0.05) is 0 Å². The van der Waals surface area contributed by atoms with Gasteiger partial charge >= 0.3 is 0 Å². The van der Waals surface area contributed by atoms with Gasteiger partial charge in [0.2, 0.25) is 0 Å². The first-order valence-electron chi connectivity index (χ1n) is 37.8. The second kappa shape index (κ2) is 45.5. The molecule has 0 aromatic heterocycles. The lowest BCUT2D eigenvalue weighted by molar-refractivity contribution is 0.305. The normalized spacial score (nSPS) is 10.7. The molecule has 15 aromatic rings. The van der Waals surface area contributed by atoms with Crippen molar-refractivity contribution in [3.8, 4) is 17.2 Å². The minimum Gasteiger partial charge on any atom is -0.497 e. The van der Waals surface area contributed by atoms with Gasteiger partial charge in [-0.05, 0) is 268 Å². The van der Waals surface area contributed by atoms with Crippen LogP contribution < -0.4 is 14.2 Å². The summed E-state index contributed by atoms with van der Waals surface area (Å²) in [5.41, 5.74) is 0. The van der Waals surface area contributed by atoms with Crippen molar-refractivity contribution in [3.05, 3.63) is 436 Å². The van der Waals surface area contributed by atoms with E-state index in [1.165, 1.54) is 110 Å². The first kappa shape index (κ1) is 82.2. The van der Waals surface area contributed by atoms with Gasteiger partial charge in [0.05, 0.1) is 74.8 Å². The van der Waals surface area contributed by atoms with Gasteiger partial charge in [-0.15, -0.1) is 0 Å². The molecule has 11 heteroatoms. The van der Waals surface area contributed by atoms with Crippen LogP contribution in [0.4, 0.5) is 13.2 Å². The predicted octanol–water partition coefficient (Wildman–Crippen LogP) is 27.5. The Bertz CT molecular complexity index is 4840. The zero-order valence-corrected chi connectivity index (χ0v) is 67.5. The summed E-state index contributed by atoms with van der Waals surface area (Å²) in [5, 5.41) is 0. The second-order valence-electron chi connectivity index (χ2n) is 25.4. The van der Waals surface area contributed by atoms with Crippen molar-refractivity contribution in [1.82, 2.24) is 0 Å². The molecule has 0 saturated heterocycles. The Hall–Kier alpha value is -10.8. The first-order chi connectivity index (χ1) is 55.2. The lowest BCUT2D eigenvalue weighted by Gasteiger charge is -2.09. The summed E-state index contributed by atoms with van der Waals surface area (Å²) in [6, 6.07) is 140. The molecule has 3 nitrogen and oxygen atoms in total. The Morgan fingerprint density at radius 1 is 0.188 bits per heavy atom. The van der Waals surface area contributed by atoms with Crippen molar-refractivity contribution >= 4 is 54.5 Å². The topological polar surface area (TPSA) is 27.7 Å². The van der Waals surface area contributed by atoms with Crippen LogP contribution >= 0.6 is 0 Å². The minimum absolute atomic E-state index is 0.0804. The summed E-state index contributed by atoms with van der Waals surface area (Å²) in [5.74, 6) is 2.11. The molecule has 0 aliphatic rings. The third kappa shape index (κ3) is 25.1. The highest BCUT2D eigenvalue weighted by molar-refractivity contribution is 7.98. The molecule has 0 bridgehead atoms. The summed E-state index contributed by atoms with van der Waals surface area (Å²) in [4.78, 5) is 18.7. The van der Waals surface area contributed by atoms with E-state index in [1.54, 1.807) is 31.4 Å². The van der Waals surface area contributed by atoms with E-state index in [0.29, 0.717) is 0 Å². The molecule has 15 rings (SSSR count). The van der Waals surface area contributed by atoms with Crippen LogP contribution in [0.3, 0.4) is 0 Å². The summed E-state index contributed by atoms with van der Waals surface area (Å²) in [7, 11) is 0.889. The number of ether oxygens (including phenoxy) is 3. The summed E-state index contributed by atoms with van der Waals surface area (Å²) in [6.45, 7) is 6.01. The van der Waals surface area contributed by atoms with Crippen LogP contribution in [-0.2, 0) is 54.5 Å². The second-order valence-corrected chi connectivity index (χ2v) is 35.6. The zero-order chi connectivity index (χ0) is 77.6. The molecule has 0 aliphatic heterocycles. The molecule has 0 spiro atoms. The molecular formula is C101H94F3O3S5+5. The number of unbranched alkanes of at least 4 members (excludes halogenated alkanes) is 4. The molecule has 0 saturated carbocycles. The van der Waals surface area contributed by atoms with Crippen molar-refractivity contribution in [2.24, 2.45) is 0 Å². The van der Waals surface area contributed by atoms with Crippen molar-refractivity contribution in [2.45, 2.75) is 126 Å². The monoisotopic (exact) mass is 1570 g/mol. The fraction of sp³-hybridized carbons (Fsp3) is 0.109. The Labute approximate surface area is 676 Å². The lowest BCUT2D eigenvalue weighted by atomic mass is 10.2. The average molecular weight is 1570 g/mol. The minimum atomic E-state index is -0.365. The van der Waals surface area contributed by atoms with Crippen LogP contribution in [0.15, 0.2) is 492 Å². The number of rotatable bonds is 26.